The second-order valence-corrected chi connectivity index (χ2v) is 3.85. The molecule has 17 heavy (non-hydrogen) atoms. The van der Waals surface area contributed by atoms with Crippen molar-refractivity contribution in [3.8, 4) is 0 Å². The van der Waals surface area contributed by atoms with Gasteiger partial charge in [-0.25, -0.2) is 9.97 Å². The van der Waals surface area contributed by atoms with E-state index in [9.17, 15) is 9.59 Å². The Morgan fingerprint density at radius 3 is 2.71 bits per heavy atom. The molecular weight excluding hydrogens is 222 g/mol. The van der Waals surface area contributed by atoms with Gasteiger partial charge in [-0.1, -0.05) is 0 Å². The molecule has 90 valence electrons. The summed E-state index contributed by atoms with van der Waals surface area (Å²) in [6, 6.07) is 0.288. The Morgan fingerprint density at radius 1 is 1.35 bits per heavy atom. The second kappa shape index (κ2) is 4.77. The van der Waals surface area contributed by atoms with Gasteiger partial charge in [0, 0.05) is 6.04 Å². The Labute approximate surface area is 97.8 Å². The smallest absolute Gasteiger partial charge is 0.271 e. The lowest BCUT2D eigenvalue weighted by molar-refractivity contribution is -0.120. The van der Waals surface area contributed by atoms with Crippen LogP contribution < -0.4 is 16.4 Å². The predicted octanol–water partition coefficient (Wildman–Crippen LogP) is -0.933. The first-order chi connectivity index (χ1) is 8.15. The number of anilines is 1. The molecule has 2 amide bonds. The van der Waals surface area contributed by atoms with Crippen LogP contribution in [0.15, 0.2) is 12.4 Å². The molecule has 4 N–H and O–H groups in total. The highest BCUT2D eigenvalue weighted by molar-refractivity contribution is 5.94. The lowest BCUT2D eigenvalue weighted by Crippen LogP contribution is -2.38. The Kier molecular flexibility index (Phi) is 3.17. The van der Waals surface area contributed by atoms with Gasteiger partial charge in [-0.2, -0.15) is 0 Å². The maximum absolute atomic E-state index is 11.5. The molecule has 7 nitrogen and oxygen atoms in total. The topological polar surface area (TPSA) is 110 Å². The molecule has 1 aliphatic rings. The van der Waals surface area contributed by atoms with Crippen LogP contribution >= 0.6 is 0 Å². The van der Waals surface area contributed by atoms with Crippen molar-refractivity contribution < 1.29 is 9.59 Å². The molecule has 0 unspecified atom stereocenters. The summed E-state index contributed by atoms with van der Waals surface area (Å²) in [6.07, 6.45) is 4.59. The molecule has 0 spiro atoms. The van der Waals surface area contributed by atoms with Gasteiger partial charge < -0.3 is 16.4 Å². The van der Waals surface area contributed by atoms with Crippen molar-refractivity contribution in [1.82, 2.24) is 20.6 Å². The third kappa shape index (κ3) is 3.40. The number of rotatable bonds is 4. The van der Waals surface area contributed by atoms with Crippen molar-refractivity contribution in [2.45, 2.75) is 18.9 Å². The quantitative estimate of drug-likeness (QED) is 0.624. The van der Waals surface area contributed by atoms with Crippen LogP contribution in [0.25, 0.3) is 0 Å². The van der Waals surface area contributed by atoms with E-state index in [1.807, 2.05) is 0 Å². The summed E-state index contributed by atoms with van der Waals surface area (Å²) >= 11 is 0. The van der Waals surface area contributed by atoms with E-state index in [0.29, 0.717) is 0 Å². The predicted molar refractivity (Wildman–Crippen MR) is 59.9 cm³/mol. The molecule has 1 aromatic heterocycles. The average Bonchev–Trinajstić information content (AvgIpc) is 3.11. The number of nitrogen functional groups attached to an aromatic ring is 1. The number of aromatic nitrogens is 2. The summed E-state index contributed by atoms with van der Waals surface area (Å²) < 4.78 is 0. The van der Waals surface area contributed by atoms with Crippen LogP contribution in [0.5, 0.6) is 0 Å². The van der Waals surface area contributed by atoms with E-state index in [1.54, 1.807) is 0 Å². The summed E-state index contributed by atoms with van der Waals surface area (Å²) in [7, 11) is 0. The second-order valence-electron chi connectivity index (χ2n) is 3.85. The van der Waals surface area contributed by atoms with Gasteiger partial charge in [-0.3, -0.25) is 9.59 Å². The third-order valence-corrected chi connectivity index (χ3v) is 2.26. The third-order valence-electron chi connectivity index (χ3n) is 2.26. The molecule has 0 bridgehead atoms. The van der Waals surface area contributed by atoms with Crippen LogP contribution in [0, 0.1) is 0 Å². The number of nitrogens with zero attached hydrogens (tertiary/aromatic N) is 2. The van der Waals surface area contributed by atoms with Gasteiger partial charge in [0.15, 0.2) is 0 Å². The molecule has 1 aromatic rings. The van der Waals surface area contributed by atoms with E-state index in [1.165, 1.54) is 12.4 Å². The molecule has 7 heteroatoms. The first kappa shape index (κ1) is 11.3. The number of hydrogen-bond donors (Lipinski definition) is 3. The zero-order chi connectivity index (χ0) is 12.3. The van der Waals surface area contributed by atoms with E-state index in [4.69, 9.17) is 5.73 Å². The fraction of sp³-hybridized carbons (Fsp3) is 0.400. The number of nitrogens with one attached hydrogen (secondary N) is 2. The molecule has 0 aliphatic heterocycles. The molecule has 0 radical (unpaired) electrons. The number of hydrogen-bond acceptors (Lipinski definition) is 5. The van der Waals surface area contributed by atoms with Crippen LogP contribution in [0.3, 0.4) is 0 Å². The van der Waals surface area contributed by atoms with Crippen LogP contribution in [0.2, 0.25) is 0 Å². The Balaban J connectivity index is 1.79. The molecular formula is C10H13N5O2. The molecule has 0 atom stereocenters. The SMILES string of the molecule is Nc1cnc(C(=O)NCC(=O)NC2CC2)cn1. The van der Waals surface area contributed by atoms with Crippen LogP contribution in [-0.2, 0) is 4.79 Å². The molecule has 0 aromatic carbocycles. The molecule has 1 fully saturated rings. The molecule has 1 aliphatic carbocycles. The van der Waals surface area contributed by atoms with Crippen molar-refractivity contribution in [3.05, 3.63) is 18.1 Å². The Bertz CT molecular complexity index is 427. The summed E-state index contributed by atoms with van der Waals surface area (Å²) in [4.78, 5) is 30.4. The molecule has 1 heterocycles. The van der Waals surface area contributed by atoms with Gasteiger partial charge in [-0.15, -0.1) is 0 Å². The maximum atomic E-state index is 11.5. The minimum Gasteiger partial charge on any atom is -0.382 e. The lowest BCUT2D eigenvalue weighted by Gasteiger charge is -2.05. The minimum absolute atomic E-state index is 0.0542. The number of nitrogens with two attached hydrogens (primary N) is 1. The van der Waals surface area contributed by atoms with E-state index in [-0.39, 0.29) is 30.0 Å². The van der Waals surface area contributed by atoms with Crippen molar-refractivity contribution in [2.75, 3.05) is 12.3 Å². The fourth-order valence-corrected chi connectivity index (χ4v) is 1.21. The number of carbonyl (C=O) groups is 2. The van der Waals surface area contributed by atoms with Crippen LogP contribution in [-0.4, -0.2) is 34.4 Å². The maximum Gasteiger partial charge on any atom is 0.271 e. The minimum atomic E-state index is -0.441. The highest BCUT2D eigenvalue weighted by Crippen LogP contribution is 2.18. The van der Waals surface area contributed by atoms with Gasteiger partial charge in [-0.05, 0) is 12.8 Å². The molecule has 1 saturated carbocycles. The monoisotopic (exact) mass is 235 g/mol. The van der Waals surface area contributed by atoms with E-state index >= 15 is 0 Å². The van der Waals surface area contributed by atoms with Gasteiger partial charge in [0.2, 0.25) is 5.91 Å². The zero-order valence-electron chi connectivity index (χ0n) is 9.14. The highest BCUT2D eigenvalue weighted by atomic mass is 16.2. The average molecular weight is 235 g/mol. The number of carbonyl (C=O) groups excluding carboxylic acids is 2. The summed E-state index contributed by atoms with van der Waals surface area (Å²) in [5.74, 6) is -0.388. The Hall–Kier alpha value is -2.18. The van der Waals surface area contributed by atoms with Gasteiger partial charge in [0.25, 0.3) is 5.91 Å². The van der Waals surface area contributed by atoms with Gasteiger partial charge in [0.05, 0.1) is 18.9 Å². The van der Waals surface area contributed by atoms with Crippen molar-refractivity contribution in [3.63, 3.8) is 0 Å². The van der Waals surface area contributed by atoms with Gasteiger partial charge in [0.1, 0.15) is 11.5 Å². The van der Waals surface area contributed by atoms with Crippen LogP contribution in [0.4, 0.5) is 5.82 Å². The summed E-state index contributed by atoms with van der Waals surface area (Å²) in [5, 5.41) is 5.22. The van der Waals surface area contributed by atoms with Crippen molar-refractivity contribution >= 4 is 17.6 Å². The molecule has 2 rings (SSSR count). The largest absolute Gasteiger partial charge is 0.382 e. The summed E-state index contributed by atoms with van der Waals surface area (Å²) in [6.45, 7) is -0.0542. The van der Waals surface area contributed by atoms with E-state index < -0.39 is 5.91 Å². The van der Waals surface area contributed by atoms with Gasteiger partial charge >= 0.3 is 0 Å². The lowest BCUT2D eigenvalue weighted by atomic mass is 10.4. The molecule has 0 saturated heterocycles. The standard InChI is InChI=1S/C10H13N5O2/c11-8-4-12-7(3-13-8)10(17)14-5-9(16)15-6-1-2-6/h3-4,6H,1-2,5H2,(H2,11,13)(H,14,17)(H,15,16). The number of amides is 2. The van der Waals surface area contributed by atoms with Crippen molar-refractivity contribution in [2.24, 2.45) is 0 Å². The fourth-order valence-electron chi connectivity index (χ4n) is 1.21. The van der Waals surface area contributed by atoms with Crippen molar-refractivity contribution in [1.29, 1.82) is 0 Å². The van der Waals surface area contributed by atoms with Crippen LogP contribution in [0.1, 0.15) is 23.3 Å². The first-order valence-corrected chi connectivity index (χ1v) is 5.30. The van der Waals surface area contributed by atoms with E-state index in [2.05, 4.69) is 20.6 Å². The first-order valence-electron chi connectivity index (χ1n) is 5.30. The zero-order valence-corrected chi connectivity index (χ0v) is 9.14. The summed E-state index contributed by atoms with van der Waals surface area (Å²) in [5.41, 5.74) is 5.48. The van der Waals surface area contributed by atoms with E-state index in [0.717, 1.165) is 12.8 Å². The Morgan fingerprint density at radius 2 is 2.12 bits per heavy atom. The highest BCUT2D eigenvalue weighted by Gasteiger charge is 2.23. The normalized spacial score (nSPS) is 14.1.